The third-order valence-electron chi connectivity index (χ3n) is 2.77. The Morgan fingerprint density at radius 1 is 1.33 bits per heavy atom. The molecule has 1 aliphatic heterocycles. The molecule has 0 fully saturated rings. The summed E-state index contributed by atoms with van der Waals surface area (Å²) >= 11 is 0. The van der Waals surface area contributed by atoms with Gasteiger partial charge in [0.05, 0.1) is 0 Å². The van der Waals surface area contributed by atoms with E-state index in [0.29, 0.717) is 5.92 Å². The Hall–Kier alpha value is -1.31. The molecule has 0 aromatic heterocycles. The smallest absolute Gasteiger partial charge is 0.254 e. The Bertz CT molecular complexity index is 371. The van der Waals surface area contributed by atoms with Crippen LogP contribution in [0.15, 0.2) is 24.3 Å². The molecule has 0 aliphatic carbocycles. The molecule has 2 nitrogen and oxygen atoms in total. The summed E-state index contributed by atoms with van der Waals surface area (Å²) < 4.78 is 0. The summed E-state index contributed by atoms with van der Waals surface area (Å²) in [6.07, 6.45) is 0.995. The van der Waals surface area contributed by atoms with Crippen LogP contribution < -0.4 is 0 Å². The maximum Gasteiger partial charge on any atom is 0.254 e. The summed E-state index contributed by atoms with van der Waals surface area (Å²) in [7, 11) is 0. The lowest BCUT2D eigenvalue weighted by atomic mass is 9.98. The van der Waals surface area contributed by atoms with Crippen LogP contribution in [0.3, 0.4) is 0 Å². The number of rotatable bonds is 2. The van der Waals surface area contributed by atoms with Gasteiger partial charge in [-0.2, -0.15) is 0 Å². The molecular formula is C13H17NO. The zero-order valence-electron chi connectivity index (χ0n) is 9.36. The molecule has 0 radical (unpaired) electrons. The van der Waals surface area contributed by atoms with E-state index in [1.807, 2.05) is 23.1 Å². The lowest BCUT2D eigenvalue weighted by molar-refractivity contribution is 0.0720. The van der Waals surface area contributed by atoms with E-state index in [4.69, 9.17) is 0 Å². The topological polar surface area (TPSA) is 20.3 Å². The average molecular weight is 203 g/mol. The van der Waals surface area contributed by atoms with Gasteiger partial charge < -0.3 is 4.90 Å². The van der Waals surface area contributed by atoms with Crippen molar-refractivity contribution in [2.45, 2.75) is 20.3 Å². The van der Waals surface area contributed by atoms with E-state index in [9.17, 15) is 4.79 Å². The van der Waals surface area contributed by atoms with Crippen molar-refractivity contribution in [2.75, 3.05) is 13.1 Å². The summed E-state index contributed by atoms with van der Waals surface area (Å²) in [6.45, 7) is 6.03. The Kier molecular flexibility index (Phi) is 2.76. The van der Waals surface area contributed by atoms with E-state index in [1.54, 1.807) is 0 Å². The van der Waals surface area contributed by atoms with E-state index in [-0.39, 0.29) is 5.91 Å². The number of carbonyl (C=O) groups is 1. The Morgan fingerprint density at radius 2 is 2.07 bits per heavy atom. The molecule has 0 atom stereocenters. The molecule has 15 heavy (non-hydrogen) atoms. The van der Waals surface area contributed by atoms with Gasteiger partial charge >= 0.3 is 0 Å². The molecule has 1 aliphatic rings. The quantitative estimate of drug-likeness (QED) is 0.722. The first-order valence-corrected chi connectivity index (χ1v) is 5.55. The second-order valence-corrected chi connectivity index (χ2v) is 4.55. The van der Waals surface area contributed by atoms with Crippen LogP contribution in [0.4, 0.5) is 0 Å². The maximum absolute atomic E-state index is 12.1. The number of fused-ring (bicyclic) bond motifs is 1. The number of benzene rings is 1. The molecule has 1 amide bonds. The van der Waals surface area contributed by atoms with Crippen LogP contribution in [0.1, 0.15) is 29.8 Å². The van der Waals surface area contributed by atoms with Crippen LogP contribution in [0.5, 0.6) is 0 Å². The zero-order chi connectivity index (χ0) is 10.8. The van der Waals surface area contributed by atoms with E-state index in [0.717, 1.165) is 25.1 Å². The van der Waals surface area contributed by atoms with Gasteiger partial charge in [0.15, 0.2) is 0 Å². The normalized spacial score (nSPS) is 15.7. The number of carbonyl (C=O) groups excluding carboxylic acids is 1. The van der Waals surface area contributed by atoms with Gasteiger partial charge in [-0.05, 0) is 24.0 Å². The van der Waals surface area contributed by atoms with Crippen LogP contribution in [-0.4, -0.2) is 23.9 Å². The van der Waals surface area contributed by atoms with Crippen molar-refractivity contribution in [3.8, 4) is 0 Å². The molecule has 1 aromatic carbocycles. The maximum atomic E-state index is 12.1. The summed E-state index contributed by atoms with van der Waals surface area (Å²) in [4.78, 5) is 14.0. The monoisotopic (exact) mass is 203 g/mol. The van der Waals surface area contributed by atoms with Crippen molar-refractivity contribution in [1.82, 2.24) is 4.90 Å². The van der Waals surface area contributed by atoms with Gasteiger partial charge in [-0.15, -0.1) is 0 Å². The van der Waals surface area contributed by atoms with Gasteiger partial charge in [-0.25, -0.2) is 0 Å². The molecule has 0 spiro atoms. The first kappa shape index (κ1) is 10.2. The van der Waals surface area contributed by atoms with Crippen molar-refractivity contribution in [3.05, 3.63) is 35.4 Å². The zero-order valence-corrected chi connectivity index (χ0v) is 9.36. The fourth-order valence-electron chi connectivity index (χ4n) is 2.09. The summed E-state index contributed by atoms with van der Waals surface area (Å²) in [5.74, 6) is 0.741. The van der Waals surface area contributed by atoms with E-state index in [2.05, 4.69) is 19.9 Å². The van der Waals surface area contributed by atoms with Gasteiger partial charge in [0.2, 0.25) is 0 Å². The van der Waals surface area contributed by atoms with Crippen molar-refractivity contribution >= 4 is 5.91 Å². The van der Waals surface area contributed by atoms with Crippen LogP contribution >= 0.6 is 0 Å². The van der Waals surface area contributed by atoms with Crippen LogP contribution in [0.25, 0.3) is 0 Å². The van der Waals surface area contributed by atoms with Crippen LogP contribution in [-0.2, 0) is 6.42 Å². The largest absolute Gasteiger partial charge is 0.338 e. The SMILES string of the molecule is CC(C)CN1CCc2ccccc2C1=O. The molecule has 0 saturated heterocycles. The minimum Gasteiger partial charge on any atom is -0.338 e. The minimum atomic E-state index is 0.200. The Labute approximate surface area is 90.9 Å². The standard InChI is InChI=1S/C13H17NO/c1-10(2)9-14-8-7-11-5-3-4-6-12(11)13(14)15/h3-6,10H,7-9H2,1-2H3. The van der Waals surface area contributed by atoms with Crippen molar-refractivity contribution in [1.29, 1.82) is 0 Å². The summed E-state index contributed by atoms with van der Waals surface area (Å²) in [5.41, 5.74) is 2.09. The predicted octanol–water partition coefficient (Wildman–Crippen LogP) is 2.34. The second-order valence-electron chi connectivity index (χ2n) is 4.55. The second kappa shape index (κ2) is 4.05. The molecule has 1 heterocycles. The van der Waals surface area contributed by atoms with Gasteiger partial charge in [0, 0.05) is 18.7 Å². The van der Waals surface area contributed by atoms with Gasteiger partial charge in [0.1, 0.15) is 0 Å². The van der Waals surface area contributed by atoms with Crippen molar-refractivity contribution in [3.63, 3.8) is 0 Å². The third kappa shape index (κ3) is 2.04. The summed E-state index contributed by atoms with van der Waals surface area (Å²) in [5, 5.41) is 0. The lowest BCUT2D eigenvalue weighted by Crippen LogP contribution is -2.39. The molecule has 2 heteroatoms. The molecule has 0 unspecified atom stereocenters. The van der Waals surface area contributed by atoms with Crippen LogP contribution in [0, 0.1) is 5.92 Å². The fourth-order valence-corrected chi connectivity index (χ4v) is 2.09. The molecule has 0 N–H and O–H groups in total. The number of amides is 1. The molecule has 0 bridgehead atoms. The first-order valence-electron chi connectivity index (χ1n) is 5.55. The molecular weight excluding hydrogens is 186 g/mol. The summed E-state index contributed by atoms with van der Waals surface area (Å²) in [6, 6.07) is 7.93. The van der Waals surface area contributed by atoms with Crippen molar-refractivity contribution in [2.24, 2.45) is 5.92 Å². The van der Waals surface area contributed by atoms with Gasteiger partial charge in [0.25, 0.3) is 5.91 Å². The number of nitrogens with zero attached hydrogens (tertiary/aromatic N) is 1. The predicted molar refractivity (Wildman–Crippen MR) is 60.9 cm³/mol. The number of hydrogen-bond acceptors (Lipinski definition) is 1. The molecule has 0 saturated carbocycles. The molecule has 2 rings (SSSR count). The fraction of sp³-hybridized carbons (Fsp3) is 0.462. The minimum absolute atomic E-state index is 0.200. The first-order chi connectivity index (χ1) is 7.18. The Balaban J connectivity index is 2.22. The third-order valence-corrected chi connectivity index (χ3v) is 2.77. The number of hydrogen-bond donors (Lipinski definition) is 0. The highest BCUT2D eigenvalue weighted by Gasteiger charge is 2.23. The van der Waals surface area contributed by atoms with Crippen molar-refractivity contribution < 1.29 is 4.79 Å². The average Bonchev–Trinajstić information content (AvgIpc) is 2.22. The highest BCUT2D eigenvalue weighted by molar-refractivity contribution is 5.96. The van der Waals surface area contributed by atoms with Crippen LogP contribution in [0.2, 0.25) is 0 Å². The van der Waals surface area contributed by atoms with E-state index < -0.39 is 0 Å². The van der Waals surface area contributed by atoms with E-state index >= 15 is 0 Å². The lowest BCUT2D eigenvalue weighted by Gasteiger charge is -2.29. The molecule has 80 valence electrons. The highest BCUT2D eigenvalue weighted by atomic mass is 16.2. The van der Waals surface area contributed by atoms with E-state index in [1.165, 1.54) is 5.56 Å². The Morgan fingerprint density at radius 3 is 2.80 bits per heavy atom. The molecule has 1 aromatic rings. The highest BCUT2D eigenvalue weighted by Crippen LogP contribution is 2.19. The van der Waals surface area contributed by atoms with Gasteiger partial charge in [-0.1, -0.05) is 32.0 Å². The van der Waals surface area contributed by atoms with Gasteiger partial charge in [-0.3, -0.25) is 4.79 Å².